The SMILES string of the molecule is Cc1cc(C)cc(OCC(=O)OCC(=O)N(C)CC(=O)Nc2ccccc2Cl)c1. The number of amides is 2. The summed E-state index contributed by atoms with van der Waals surface area (Å²) in [6, 6.07) is 12.4. The predicted octanol–water partition coefficient (Wildman–Crippen LogP) is 2.98. The maximum atomic E-state index is 12.1. The Morgan fingerprint density at radius 1 is 1.03 bits per heavy atom. The zero-order chi connectivity index (χ0) is 21.4. The summed E-state index contributed by atoms with van der Waals surface area (Å²) >= 11 is 5.98. The third-order valence-corrected chi connectivity index (χ3v) is 4.19. The molecule has 0 unspecified atom stereocenters. The highest BCUT2D eigenvalue weighted by molar-refractivity contribution is 6.33. The Labute approximate surface area is 174 Å². The molecule has 2 aromatic carbocycles. The molecular formula is C21H23ClN2O5. The fraction of sp³-hybridized carbons (Fsp3) is 0.286. The number of hydrogen-bond donors (Lipinski definition) is 1. The Balaban J connectivity index is 1.73. The molecule has 29 heavy (non-hydrogen) atoms. The lowest BCUT2D eigenvalue weighted by atomic mass is 10.1. The average molecular weight is 419 g/mol. The number of carbonyl (C=O) groups is 3. The zero-order valence-corrected chi connectivity index (χ0v) is 17.3. The van der Waals surface area contributed by atoms with Crippen molar-refractivity contribution in [2.24, 2.45) is 0 Å². The number of carbonyl (C=O) groups excluding carboxylic acids is 3. The highest BCUT2D eigenvalue weighted by Gasteiger charge is 2.16. The first kappa shape index (κ1) is 22.2. The third kappa shape index (κ3) is 7.46. The molecule has 154 valence electrons. The van der Waals surface area contributed by atoms with Gasteiger partial charge in [0.15, 0.2) is 13.2 Å². The van der Waals surface area contributed by atoms with Crippen LogP contribution in [0, 0.1) is 13.8 Å². The van der Waals surface area contributed by atoms with Gasteiger partial charge in [-0.05, 0) is 49.2 Å². The number of rotatable bonds is 8. The fourth-order valence-electron chi connectivity index (χ4n) is 2.51. The molecular weight excluding hydrogens is 396 g/mol. The molecule has 0 aliphatic carbocycles. The fourth-order valence-corrected chi connectivity index (χ4v) is 2.69. The number of esters is 1. The van der Waals surface area contributed by atoms with Gasteiger partial charge in [-0.1, -0.05) is 29.8 Å². The molecule has 0 atom stereocenters. The molecule has 7 nitrogen and oxygen atoms in total. The van der Waals surface area contributed by atoms with Crippen LogP contribution in [0.3, 0.4) is 0 Å². The topological polar surface area (TPSA) is 84.9 Å². The second-order valence-corrected chi connectivity index (χ2v) is 6.96. The van der Waals surface area contributed by atoms with E-state index in [1.807, 2.05) is 19.9 Å². The van der Waals surface area contributed by atoms with Crippen LogP contribution in [0.1, 0.15) is 11.1 Å². The predicted molar refractivity (Wildman–Crippen MR) is 110 cm³/mol. The van der Waals surface area contributed by atoms with E-state index in [0.717, 1.165) is 16.0 Å². The molecule has 1 N–H and O–H groups in total. The van der Waals surface area contributed by atoms with Gasteiger partial charge in [0.2, 0.25) is 5.91 Å². The number of aryl methyl sites for hydroxylation is 2. The van der Waals surface area contributed by atoms with Gasteiger partial charge in [0, 0.05) is 7.05 Å². The van der Waals surface area contributed by atoms with Crippen LogP contribution in [0.2, 0.25) is 5.02 Å². The maximum absolute atomic E-state index is 12.1. The summed E-state index contributed by atoms with van der Waals surface area (Å²) in [5.41, 5.74) is 2.48. The molecule has 2 aromatic rings. The van der Waals surface area contributed by atoms with Crippen LogP contribution in [0.15, 0.2) is 42.5 Å². The van der Waals surface area contributed by atoms with Crippen molar-refractivity contribution in [3.05, 3.63) is 58.6 Å². The van der Waals surface area contributed by atoms with Crippen LogP contribution in [0.25, 0.3) is 0 Å². The molecule has 0 bridgehead atoms. The summed E-state index contributed by atoms with van der Waals surface area (Å²) in [6.07, 6.45) is 0. The Kier molecular flexibility index (Phi) is 8.03. The van der Waals surface area contributed by atoms with E-state index in [-0.39, 0.29) is 13.2 Å². The van der Waals surface area contributed by atoms with Crippen molar-refractivity contribution < 1.29 is 23.9 Å². The molecule has 0 saturated heterocycles. The minimum absolute atomic E-state index is 0.208. The molecule has 0 saturated carbocycles. The van der Waals surface area contributed by atoms with Crippen LogP contribution in [-0.4, -0.2) is 49.5 Å². The van der Waals surface area contributed by atoms with Crippen molar-refractivity contribution in [1.82, 2.24) is 4.90 Å². The Morgan fingerprint density at radius 3 is 2.34 bits per heavy atom. The van der Waals surface area contributed by atoms with Gasteiger partial charge < -0.3 is 19.7 Å². The molecule has 8 heteroatoms. The highest BCUT2D eigenvalue weighted by Crippen LogP contribution is 2.20. The number of nitrogens with one attached hydrogen (secondary N) is 1. The minimum Gasteiger partial charge on any atom is -0.482 e. The first-order valence-corrected chi connectivity index (χ1v) is 9.27. The van der Waals surface area contributed by atoms with E-state index in [0.29, 0.717) is 16.5 Å². The summed E-state index contributed by atoms with van der Waals surface area (Å²) < 4.78 is 10.3. The van der Waals surface area contributed by atoms with E-state index in [9.17, 15) is 14.4 Å². The number of nitrogens with zero attached hydrogens (tertiary/aromatic N) is 1. The first-order chi connectivity index (χ1) is 13.7. The van der Waals surface area contributed by atoms with Gasteiger partial charge >= 0.3 is 5.97 Å². The van der Waals surface area contributed by atoms with Gasteiger partial charge in [0.1, 0.15) is 5.75 Å². The van der Waals surface area contributed by atoms with E-state index in [1.165, 1.54) is 7.05 Å². The van der Waals surface area contributed by atoms with Gasteiger partial charge in [-0.15, -0.1) is 0 Å². The first-order valence-electron chi connectivity index (χ1n) is 8.89. The molecule has 0 aromatic heterocycles. The average Bonchev–Trinajstić information content (AvgIpc) is 2.65. The van der Waals surface area contributed by atoms with E-state index in [4.69, 9.17) is 21.1 Å². The molecule has 0 aliphatic rings. The molecule has 2 amide bonds. The Bertz CT molecular complexity index is 880. The van der Waals surface area contributed by atoms with Crippen molar-refractivity contribution in [2.45, 2.75) is 13.8 Å². The Morgan fingerprint density at radius 2 is 1.69 bits per heavy atom. The number of anilines is 1. The van der Waals surface area contributed by atoms with Crippen LogP contribution < -0.4 is 10.1 Å². The van der Waals surface area contributed by atoms with Crippen LogP contribution in [0.4, 0.5) is 5.69 Å². The zero-order valence-electron chi connectivity index (χ0n) is 16.5. The summed E-state index contributed by atoms with van der Waals surface area (Å²) in [5.74, 6) is -1.05. The van der Waals surface area contributed by atoms with E-state index < -0.39 is 24.4 Å². The van der Waals surface area contributed by atoms with E-state index in [1.54, 1.807) is 36.4 Å². The number of likely N-dealkylation sites (N-methyl/N-ethyl adjacent to an activating group) is 1. The lowest BCUT2D eigenvalue weighted by Crippen LogP contribution is -2.37. The monoisotopic (exact) mass is 418 g/mol. The molecule has 0 radical (unpaired) electrons. The lowest BCUT2D eigenvalue weighted by Gasteiger charge is -2.17. The summed E-state index contributed by atoms with van der Waals surface area (Å²) in [7, 11) is 1.44. The summed E-state index contributed by atoms with van der Waals surface area (Å²) in [5, 5.41) is 3.01. The standard InChI is InChI=1S/C21H23ClN2O5/c1-14-8-15(2)10-16(9-14)28-13-21(27)29-12-20(26)24(3)11-19(25)23-18-7-5-4-6-17(18)22/h4-10H,11-13H2,1-3H3,(H,23,25). The number of para-hydroxylation sites is 1. The van der Waals surface area contributed by atoms with Gasteiger partial charge in [0.25, 0.3) is 5.91 Å². The number of benzene rings is 2. The maximum Gasteiger partial charge on any atom is 0.344 e. The molecule has 0 spiro atoms. The smallest absolute Gasteiger partial charge is 0.344 e. The van der Waals surface area contributed by atoms with Crippen molar-refractivity contribution in [3.63, 3.8) is 0 Å². The Hall–Kier alpha value is -3.06. The number of halogens is 1. The van der Waals surface area contributed by atoms with Gasteiger partial charge in [-0.25, -0.2) is 4.79 Å². The quantitative estimate of drug-likeness (QED) is 0.666. The summed E-state index contributed by atoms with van der Waals surface area (Å²) in [4.78, 5) is 37.1. The molecule has 0 heterocycles. The minimum atomic E-state index is -0.675. The van der Waals surface area contributed by atoms with Gasteiger partial charge in [-0.3, -0.25) is 9.59 Å². The van der Waals surface area contributed by atoms with Crippen molar-refractivity contribution in [1.29, 1.82) is 0 Å². The highest BCUT2D eigenvalue weighted by atomic mass is 35.5. The van der Waals surface area contributed by atoms with E-state index in [2.05, 4.69) is 5.32 Å². The van der Waals surface area contributed by atoms with Gasteiger partial charge in [0.05, 0.1) is 17.3 Å². The van der Waals surface area contributed by atoms with Crippen molar-refractivity contribution in [2.75, 3.05) is 32.1 Å². The number of hydrogen-bond acceptors (Lipinski definition) is 5. The lowest BCUT2D eigenvalue weighted by molar-refractivity contribution is -0.153. The normalized spacial score (nSPS) is 10.2. The summed E-state index contributed by atoms with van der Waals surface area (Å²) in [6.45, 7) is 2.85. The van der Waals surface area contributed by atoms with Crippen molar-refractivity contribution >= 4 is 35.1 Å². The second-order valence-electron chi connectivity index (χ2n) is 6.55. The molecule has 0 fully saturated rings. The second kappa shape index (κ2) is 10.5. The molecule has 2 rings (SSSR count). The number of ether oxygens (including phenoxy) is 2. The van der Waals surface area contributed by atoms with Crippen LogP contribution in [0.5, 0.6) is 5.75 Å². The van der Waals surface area contributed by atoms with Crippen LogP contribution in [-0.2, 0) is 19.1 Å². The van der Waals surface area contributed by atoms with Crippen molar-refractivity contribution in [3.8, 4) is 5.75 Å². The third-order valence-electron chi connectivity index (χ3n) is 3.86. The largest absolute Gasteiger partial charge is 0.482 e. The van der Waals surface area contributed by atoms with Gasteiger partial charge in [-0.2, -0.15) is 0 Å². The molecule has 0 aliphatic heterocycles. The van der Waals surface area contributed by atoms with Crippen LogP contribution >= 0.6 is 11.6 Å². The van der Waals surface area contributed by atoms with E-state index >= 15 is 0 Å².